The topological polar surface area (TPSA) is 24.9 Å². The number of pyridine rings is 1. The Morgan fingerprint density at radius 1 is 1.36 bits per heavy atom. The van der Waals surface area contributed by atoms with Crippen LogP contribution in [-0.2, 0) is 6.54 Å². The van der Waals surface area contributed by atoms with Crippen LogP contribution in [0.3, 0.4) is 0 Å². The van der Waals surface area contributed by atoms with Gasteiger partial charge in [0.15, 0.2) is 0 Å². The summed E-state index contributed by atoms with van der Waals surface area (Å²) in [6, 6.07) is 8.35. The molecular formula is C11H12N2S. The third-order valence-corrected chi connectivity index (χ3v) is 2.91. The smallest absolute Gasteiger partial charge is 0.0542 e. The highest BCUT2D eigenvalue weighted by Gasteiger charge is 1.98. The zero-order chi connectivity index (χ0) is 9.80. The van der Waals surface area contributed by atoms with Crippen molar-refractivity contribution in [3.63, 3.8) is 0 Å². The van der Waals surface area contributed by atoms with Gasteiger partial charge >= 0.3 is 0 Å². The fourth-order valence-corrected chi connectivity index (χ4v) is 2.02. The minimum Gasteiger partial charge on any atom is -0.314 e. The lowest BCUT2D eigenvalue weighted by Gasteiger charge is -2.00. The molecule has 0 aliphatic carbocycles. The monoisotopic (exact) mass is 204 g/mol. The van der Waals surface area contributed by atoms with Crippen LogP contribution < -0.4 is 5.32 Å². The van der Waals surface area contributed by atoms with Crippen molar-refractivity contribution in [2.24, 2.45) is 0 Å². The normalized spacial score (nSPS) is 10.4. The van der Waals surface area contributed by atoms with Crippen LogP contribution in [0, 0.1) is 0 Å². The molecule has 2 aromatic heterocycles. The van der Waals surface area contributed by atoms with Gasteiger partial charge in [-0.1, -0.05) is 12.1 Å². The number of hydrogen-bond acceptors (Lipinski definition) is 3. The fourth-order valence-electron chi connectivity index (χ4n) is 1.30. The number of hydrogen-bond donors (Lipinski definition) is 1. The van der Waals surface area contributed by atoms with Gasteiger partial charge in [-0.3, -0.25) is 4.98 Å². The maximum Gasteiger partial charge on any atom is 0.0542 e. The van der Waals surface area contributed by atoms with Gasteiger partial charge in [0, 0.05) is 23.2 Å². The first kappa shape index (κ1) is 9.37. The number of thiophene rings is 1. The minimum atomic E-state index is 0.824. The van der Waals surface area contributed by atoms with Crippen LogP contribution in [0.15, 0.2) is 35.8 Å². The van der Waals surface area contributed by atoms with E-state index in [-0.39, 0.29) is 0 Å². The molecule has 0 saturated heterocycles. The average molecular weight is 204 g/mol. The molecule has 2 heterocycles. The molecule has 0 radical (unpaired) electrons. The molecule has 0 fully saturated rings. The van der Waals surface area contributed by atoms with E-state index < -0.39 is 0 Å². The SMILES string of the molecule is CNCc1ccc(-c2cccs2)cn1. The van der Waals surface area contributed by atoms with Gasteiger partial charge in [-0.25, -0.2) is 0 Å². The van der Waals surface area contributed by atoms with Crippen LogP contribution >= 0.6 is 11.3 Å². The van der Waals surface area contributed by atoms with E-state index in [9.17, 15) is 0 Å². The first-order chi connectivity index (χ1) is 6.90. The predicted molar refractivity (Wildman–Crippen MR) is 60.3 cm³/mol. The maximum absolute atomic E-state index is 4.37. The molecule has 2 rings (SSSR count). The van der Waals surface area contributed by atoms with Crippen molar-refractivity contribution in [3.8, 4) is 10.4 Å². The lowest BCUT2D eigenvalue weighted by Crippen LogP contribution is -2.06. The van der Waals surface area contributed by atoms with Crippen molar-refractivity contribution in [1.82, 2.24) is 10.3 Å². The number of nitrogens with one attached hydrogen (secondary N) is 1. The minimum absolute atomic E-state index is 0.824. The molecule has 2 aromatic rings. The molecule has 0 aromatic carbocycles. The van der Waals surface area contributed by atoms with Gasteiger partial charge in [0.1, 0.15) is 0 Å². The standard InChI is InChI=1S/C11H12N2S/c1-12-8-10-5-4-9(7-13-10)11-3-2-6-14-11/h2-7,12H,8H2,1H3. The van der Waals surface area contributed by atoms with Gasteiger partial charge in [0.2, 0.25) is 0 Å². The van der Waals surface area contributed by atoms with Crippen LogP contribution in [0.2, 0.25) is 0 Å². The van der Waals surface area contributed by atoms with Crippen LogP contribution in [0.5, 0.6) is 0 Å². The molecule has 0 spiro atoms. The largest absolute Gasteiger partial charge is 0.314 e. The molecule has 0 bridgehead atoms. The molecule has 0 saturated carbocycles. The maximum atomic E-state index is 4.37. The number of rotatable bonds is 3. The van der Waals surface area contributed by atoms with Crippen molar-refractivity contribution >= 4 is 11.3 Å². The molecule has 3 heteroatoms. The van der Waals surface area contributed by atoms with Crippen LogP contribution in [-0.4, -0.2) is 12.0 Å². The fraction of sp³-hybridized carbons (Fsp3) is 0.182. The molecular weight excluding hydrogens is 192 g/mol. The Morgan fingerprint density at radius 2 is 2.29 bits per heavy atom. The molecule has 0 atom stereocenters. The first-order valence-electron chi connectivity index (χ1n) is 4.53. The summed E-state index contributed by atoms with van der Waals surface area (Å²) in [5.41, 5.74) is 2.27. The molecule has 2 nitrogen and oxygen atoms in total. The van der Waals surface area contributed by atoms with Gasteiger partial charge in [0.25, 0.3) is 0 Å². The van der Waals surface area contributed by atoms with E-state index >= 15 is 0 Å². The second-order valence-electron chi connectivity index (χ2n) is 3.05. The van der Waals surface area contributed by atoms with Crippen molar-refractivity contribution in [1.29, 1.82) is 0 Å². The van der Waals surface area contributed by atoms with Gasteiger partial charge < -0.3 is 5.32 Å². The van der Waals surface area contributed by atoms with Gasteiger partial charge in [-0.05, 0) is 24.6 Å². The van der Waals surface area contributed by atoms with Crippen LogP contribution in [0.1, 0.15) is 5.69 Å². The summed E-state index contributed by atoms with van der Waals surface area (Å²) < 4.78 is 0. The van der Waals surface area contributed by atoms with E-state index in [1.165, 1.54) is 10.4 Å². The van der Waals surface area contributed by atoms with E-state index in [1.54, 1.807) is 11.3 Å². The zero-order valence-electron chi connectivity index (χ0n) is 8.03. The Kier molecular flexibility index (Phi) is 2.91. The van der Waals surface area contributed by atoms with Crippen molar-refractivity contribution in [3.05, 3.63) is 41.5 Å². The van der Waals surface area contributed by atoms with Crippen LogP contribution in [0.25, 0.3) is 10.4 Å². The number of aromatic nitrogens is 1. The van der Waals surface area contributed by atoms with E-state index in [0.29, 0.717) is 0 Å². The molecule has 0 amide bonds. The Hall–Kier alpha value is -1.19. The Bertz CT molecular complexity index is 378. The second-order valence-corrected chi connectivity index (χ2v) is 3.99. The summed E-state index contributed by atoms with van der Waals surface area (Å²) in [5, 5.41) is 5.16. The summed E-state index contributed by atoms with van der Waals surface area (Å²) in [4.78, 5) is 5.64. The third kappa shape index (κ3) is 2.00. The Labute approximate surface area is 87.6 Å². The van der Waals surface area contributed by atoms with Gasteiger partial charge in [0.05, 0.1) is 5.69 Å². The molecule has 0 aliphatic rings. The molecule has 1 N–H and O–H groups in total. The molecule has 72 valence electrons. The summed E-state index contributed by atoms with van der Waals surface area (Å²) in [6.07, 6.45) is 1.93. The Morgan fingerprint density at radius 3 is 2.86 bits per heavy atom. The average Bonchev–Trinajstić information content (AvgIpc) is 2.72. The van der Waals surface area contributed by atoms with E-state index in [1.807, 2.05) is 13.2 Å². The van der Waals surface area contributed by atoms with Crippen molar-refractivity contribution in [2.75, 3.05) is 7.05 Å². The third-order valence-electron chi connectivity index (χ3n) is 1.99. The highest BCUT2D eigenvalue weighted by Crippen LogP contribution is 2.23. The zero-order valence-corrected chi connectivity index (χ0v) is 8.84. The predicted octanol–water partition coefficient (Wildman–Crippen LogP) is 2.53. The number of nitrogens with zero attached hydrogens (tertiary/aromatic N) is 1. The summed E-state index contributed by atoms with van der Waals surface area (Å²) in [5.74, 6) is 0. The van der Waals surface area contributed by atoms with Crippen molar-refractivity contribution < 1.29 is 0 Å². The lowest BCUT2D eigenvalue weighted by atomic mass is 10.2. The highest BCUT2D eigenvalue weighted by atomic mass is 32.1. The first-order valence-corrected chi connectivity index (χ1v) is 5.41. The Balaban J connectivity index is 2.22. The van der Waals surface area contributed by atoms with Crippen LogP contribution in [0.4, 0.5) is 0 Å². The summed E-state index contributed by atoms with van der Waals surface area (Å²) >= 11 is 1.74. The second kappa shape index (κ2) is 4.35. The molecule has 0 aliphatic heterocycles. The molecule has 0 unspecified atom stereocenters. The van der Waals surface area contributed by atoms with Gasteiger partial charge in [-0.2, -0.15) is 0 Å². The van der Waals surface area contributed by atoms with Gasteiger partial charge in [-0.15, -0.1) is 11.3 Å². The van der Waals surface area contributed by atoms with Crippen molar-refractivity contribution in [2.45, 2.75) is 6.54 Å². The van der Waals surface area contributed by atoms with E-state index in [0.717, 1.165) is 12.2 Å². The van der Waals surface area contributed by atoms with E-state index in [4.69, 9.17) is 0 Å². The molecule has 14 heavy (non-hydrogen) atoms. The quantitative estimate of drug-likeness (QED) is 0.831. The lowest BCUT2D eigenvalue weighted by molar-refractivity contribution is 0.791. The summed E-state index contributed by atoms with van der Waals surface area (Å²) in [7, 11) is 1.93. The van der Waals surface area contributed by atoms with E-state index in [2.05, 4.69) is 39.9 Å². The summed E-state index contributed by atoms with van der Waals surface area (Å²) in [6.45, 7) is 0.824. The highest BCUT2D eigenvalue weighted by molar-refractivity contribution is 7.13.